The third-order valence-electron chi connectivity index (χ3n) is 3.26. The van der Waals surface area contributed by atoms with Gasteiger partial charge >= 0.3 is 11.9 Å². The fourth-order valence-electron chi connectivity index (χ4n) is 1.83. The smallest absolute Gasteiger partial charge is 0.313 e. The number of carbonyl (C=O) groups is 4. The molecule has 0 rings (SSSR count). The highest BCUT2D eigenvalue weighted by molar-refractivity contribution is 5.82. The average molecular weight is 346 g/mol. The minimum Gasteiger partial charge on any atom is -0.467 e. The molecular formula is C16H26O8. The maximum Gasteiger partial charge on any atom is 0.313 e. The largest absolute Gasteiger partial charge is 0.467 e. The van der Waals surface area contributed by atoms with Gasteiger partial charge in [0.1, 0.15) is 25.0 Å². The molecule has 0 aromatic heterocycles. The standard InChI is InChI=1S/C16H26O8/c1-3-5-7-23-15(19)13(9-21-11-17)14(10-22-12-18)16(20)24-8-6-4-2/h11-14H,3-10H2,1-2H3. The van der Waals surface area contributed by atoms with E-state index in [-0.39, 0.29) is 39.4 Å². The molecule has 138 valence electrons. The summed E-state index contributed by atoms with van der Waals surface area (Å²) in [7, 11) is 0. The summed E-state index contributed by atoms with van der Waals surface area (Å²) < 4.78 is 19.4. The number of carbonyl (C=O) groups excluding carboxylic acids is 4. The first-order valence-corrected chi connectivity index (χ1v) is 8.06. The lowest BCUT2D eigenvalue weighted by molar-refractivity contribution is -0.167. The minimum atomic E-state index is -1.10. The number of hydrogen-bond acceptors (Lipinski definition) is 8. The predicted octanol–water partition coefficient (Wildman–Crippen LogP) is 1.25. The molecule has 0 aliphatic rings. The van der Waals surface area contributed by atoms with E-state index in [1.807, 2.05) is 13.8 Å². The summed E-state index contributed by atoms with van der Waals surface area (Å²) in [5.41, 5.74) is 0. The van der Waals surface area contributed by atoms with Gasteiger partial charge in [-0.1, -0.05) is 26.7 Å². The second-order valence-electron chi connectivity index (χ2n) is 5.11. The van der Waals surface area contributed by atoms with Crippen LogP contribution in [0.2, 0.25) is 0 Å². The lowest BCUT2D eigenvalue weighted by atomic mass is 9.93. The molecule has 2 atom stereocenters. The lowest BCUT2D eigenvalue weighted by Gasteiger charge is -2.22. The van der Waals surface area contributed by atoms with Gasteiger partial charge in [-0.25, -0.2) is 0 Å². The molecule has 0 aliphatic carbocycles. The summed E-state index contributed by atoms with van der Waals surface area (Å²) in [6.45, 7) is 3.89. The van der Waals surface area contributed by atoms with Crippen LogP contribution in [-0.4, -0.2) is 51.3 Å². The van der Waals surface area contributed by atoms with Gasteiger partial charge in [-0.05, 0) is 12.8 Å². The summed E-state index contributed by atoms with van der Waals surface area (Å²) in [6, 6.07) is 0. The van der Waals surface area contributed by atoms with Crippen molar-refractivity contribution in [1.82, 2.24) is 0 Å². The lowest BCUT2D eigenvalue weighted by Crippen LogP contribution is -2.38. The Morgan fingerprint density at radius 1 is 0.792 bits per heavy atom. The topological polar surface area (TPSA) is 105 Å². The van der Waals surface area contributed by atoms with Gasteiger partial charge in [-0.15, -0.1) is 0 Å². The van der Waals surface area contributed by atoms with Gasteiger partial charge in [0.25, 0.3) is 12.9 Å². The summed E-state index contributed by atoms with van der Waals surface area (Å²) in [5.74, 6) is -3.59. The first kappa shape index (κ1) is 21.9. The Kier molecular flexibility index (Phi) is 13.2. The average Bonchev–Trinajstić information content (AvgIpc) is 2.58. The van der Waals surface area contributed by atoms with E-state index in [1.165, 1.54) is 0 Å². The van der Waals surface area contributed by atoms with Crippen molar-refractivity contribution in [2.24, 2.45) is 11.8 Å². The van der Waals surface area contributed by atoms with Crippen molar-refractivity contribution in [1.29, 1.82) is 0 Å². The normalized spacial score (nSPS) is 12.6. The highest BCUT2D eigenvalue weighted by Crippen LogP contribution is 2.18. The van der Waals surface area contributed by atoms with Crippen LogP contribution in [0.1, 0.15) is 39.5 Å². The molecule has 8 heteroatoms. The third-order valence-corrected chi connectivity index (χ3v) is 3.26. The number of esters is 2. The van der Waals surface area contributed by atoms with E-state index in [0.29, 0.717) is 12.8 Å². The van der Waals surface area contributed by atoms with Gasteiger partial charge in [0.15, 0.2) is 0 Å². The van der Waals surface area contributed by atoms with Crippen LogP contribution in [0.4, 0.5) is 0 Å². The first-order valence-electron chi connectivity index (χ1n) is 8.06. The Bertz CT molecular complexity index is 346. The zero-order valence-corrected chi connectivity index (χ0v) is 14.2. The second-order valence-corrected chi connectivity index (χ2v) is 5.11. The molecule has 24 heavy (non-hydrogen) atoms. The molecule has 0 spiro atoms. The van der Waals surface area contributed by atoms with Crippen LogP contribution >= 0.6 is 0 Å². The van der Waals surface area contributed by atoms with E-state index in [0.717, 1.165) is 12.8 Å². The van der Waals surface area contributed by atoms with Crippen LogP contribution in [0.5, 0.6) is 0 Å². The molecule has 8 nitrogen and oxygen atoms in total. The van der Waals surface area contributed by atoms with E-state index in [1.54, 1.807) is 0 Å². The minimum absolute atomic E-state index is 0.173. The fraction of sp³-hybridized carbons (Fsp3) is 0.750. The molecule has 0 fully saturated rings. The van der Waals surface area contributed by atoms with Crippen LogP contribution in [0, 0.1) is 11.8 Å². The van der Waals surface area contributed by atoms with Gasteiger partial charge in [-0.3, -0.25) is 19.2 Å². The van der Waals surface area contributed by atoms with E-state index in [9.17, 15) is 19.2 Å². The maximum absolute atomic E-state index is 12.2. The molecule has 0 amide bonds. The van der Waals surface area contributed by atoms with Crippen molar-refractivity contribution in [3.8, 4) is 0 Å². The number of ether oxygens (including phenoxy) is 4. The van der Waals surface area contributed by atoms with Crippen LogP contribution in [0.15, 0.2) is 0 Å². The van der Waals surface area contributed by atoms with Crippen LogP contribution in [0.25, 0.3) is 0 Å². The molecule has 0 aliphatic heterocycles. The van der Waals surface area contributed by atoms with Gasteiger partial charge in [0.2, 0.25) is 0 Å². The van der Waals surface area contributed by atoms with Crippen LogP contribution in [-0.2, 0) is 38.1 Å². The SMILES string of the molecule is CCCCOC(=O)C(COC=O)C(COC=O)C(=O)OCCCC. The molecule has 0 aromatic rings. The molecule has 0 saturated carbocycles. The van der Waals surface area contributed by atoms with Crippen molar-refractivity contribution in [2.75, 3.05) is 26.4 Å². The molecule has 0 aromatic carbocycles. The number of rotatable bonds is 15. The van der Waals surface area contributed by atoms with Crippen molar-refractivity contribution in [3.05, 3.63) is 0 Å². The molecule has 0 heterocycles. The van der Waals surface area contributed by atoms with E-state index >= 15 is 0 Å². The molecule has 0 bridgehead atoms. The van der Waals surface area contributed by atoms with Crippen molar-refractivity contribution < 1.29 is 38.1 Å². The van der Waals surface area contributed by atoms with Gasteiger partial charge in [0.05, 0.1) is 13.2 Å². The van der Waals surface area contributed by atoms with Crippen molar-refractivity contribution in [3.63, 3.8) is 0 Å². The van der Waals surface area contributed by atoms with E-state index < -0.39 is 23.8 Å². The third kappa shape index (κ3) is 9.12. The van der Waals surface area contributed by atoms with Crippen LogP contribution < -0.4 is 0 Å². The Labute approximate surface area is 141 Å². The van der Waals surface area contributed by atoms with Gasteiger partial charge in [0, 0.05) is 0 Å². The second kappa shape index (κ2) is 14.5. The van der Waals surface area contributed by atoms with E-state index in [2.05, 4.69) is 9.47 Å². The monoisotopic (exact) mass is 346 g/mol. The zero-order valence-electron chi connectivity index (χ0n) is 14.2. The zero-order chi connectivity index (χ0) is 18.2. The Hall–Kier alpha value is -2.12. The summed E-state index contributed by atoms with van der Waals surface area (Å²) in [5, 5.41) is 0. The summed E-state index contributed by atoms with van der Waals surface area (Å²) in [6.07, 6.45) is 3.01. The molecule has 0 N–H and O–H groups in total. The van der Waals surface area contributed by atoms with Gasteiger partial charge < -0.3 is 18.9 Å². The van der Waals surface area contributed by atoms with E-state index in [4.69, 9.17) is 9.47 Å². The van der Waals surface area contributed by atoms with Crippen molar-refractivity contribution in [2.45, 2.75) is 39.5 Å². The predicted molar refractivity (Wildman–Crippen MR) is 82.7 cm³/mol. The fourth-order valence-corrected chi connectivity index (χ4v) is 1.83. The molecule has 0 radical (unpaired) electrons. The van der Waals surface area contributed by atoms with Crippen LogP contribution in [0.3, 0.4) is 0 Å². The summed E-state index contributed by atoms with van der Waals surface area (Å²) >= 11 is 0. The van der Waals surface area contributed by atoms with Gasteiger partial charge in [-0.2, -0.15) is 0 Å². The maximum atomic E-state index is 12.2. The Balaban J connectivity index is 5.00. The van der Waals surface area contributed by atoms with Crippen molar-refractivity contribution >= 4 is 24.9 Å². The highest BCUT2D eigenvalue weighted by atomic mass is 16.6. The quantitative estimate of drug-likeness (QED) is 0.189. The summed E-state index contributed by atoms with van der Waals surface area (Å²) in [4.78, 5) is 45.2. The molecule has 0 saturated heterocycles. The Morgan fingerprint density at radius 2 is 1.17 bits per heavy atom. The molecular weight excluding hydrogens is 320 g/mol. The highest BCUT2D eigenvalue weighted by Gasteiger charge is 2.37. The Morgan fingerprint density at radius 3 is 1.46 bits per heavy atom. The first-order chi connectivity index (χ1) is 11.6. The molecule has 2 unspecified atom stereocenters. The number of hydrogen-bond donors (Lipinski definition) is 0. The number of unbranched alkanes of at least 4 members (excludes halogenated alkanes) is 2.